The molecule has 0 aromatic rings. The molecule has 0 unspecified atom stereocenters. The van der Waals surface area contributed by atoms with Gasteiger partial charge in [-0.1, -0.05) is 26.2 Å². The second-order valence-electron chi connectivity index (χ2n) is 3.03. The van der Waals surface area contributed by atoms with Crippen LogP contribution < -0.4 is 10.6 Å². The summed E-state index contributed by atoms with van der Waals surface area (Å²) in [6.45, 7) is 5.52. The molecule has 0 fully saturated rings. The minimum atomic E-state index is 0.455. The van der Waals surface area contributed by atoms with Crippen molar-refractivity contribution in [3.8, 4) is 0 Å². The van der Waals surface area contributed by atoms with Crippen LogP contribution in [0, 0.1) is 0 Å². The van der Waals surface area contributed by atoms with Gasteiger partial charge >= 0.3 is 0 Å². The third-order valence-electron chi connectivity index (χ3n) is 1.91. The summed E-state index contributed by atoms with van der Waals surface area (Å²) in [5.41, 5.74) is 0. The Hall–Kier alpha value is -0.0800. The van der Waals surface area contributed by atoms with Crippen LogP contribution in [0.25, 0.3) is 0 Å². The molecule has 11 heavy (non-hydrogen) atoms. The highest BCUT2D eigenvalue weighted by atomic mass is 15.1. The molecule has 0 aromatic carbocycles. The van der Waals surface area contributed by atoms with E-state index in [1.54, 1.807) is 0 Å². The molecule has 0 aromatic heterocycles. The summed E-state index contributed by atoms with van der Waals surface area (Å²) in [5, 5.41) is 6.52. The number of unbranched alkanes of at least 4 members (excludes halogenated alkanes) is 3. The van der Waals surface area contributed by atoms with Crippen LogP contribution in [0.15, 0.2) is 0 Å². The van der Waals surface area contributed by atoms with E-state index in [1.807, 2.05) is 7.05 Å². The minimum absolute atomic E-state index is 0.455. The molecule has 2 N–H and O–H groups in total. The zero-order valence-electron chi connectivity index (χ0n) is 8.11. The van der Waals surface area contributed by atoms with E-state index in [4.69, 9.17) is 0 Å². The molecule has 1 atom stereocenters. The topological polar surface area (TPSA) is 24.1 Å². The first-order chi connectivity index (χ1) is 5.31. The normalized spacial score (nSPS) is 13.4. The van der Waals surface area contributed by atoms with E-state index >= 15 is 0 Å². The van der Waals surface area contributed by atoms with Gasteiger partial charge in [-0.15, -0.1) is 0 Å². The molecular weight excluding hydrogens is 136 g/mol. The molecule has 0 spiro atoms. The summed E-state index contributed by atoms with van der Waals surface area (Å²) in [7, 11) is 1.98. The average Bonchev–Trinajstić information content (AvgIpc) is 2.04. The predicted molar refractivity (Wildman–Crippen MR) is 50.7 cm³/mol. The highest BCUT2D eigenvalue weighted by Crippen LogP contribution is 1.96. The standard InChI is InChI=1S/C9H22N2/c1-4-5-6-7-8-11-9(2)10-3/h9-11H,4-8H2,1-3H3/t9-/m1/s1. The fourth-order valence-corrected chi connectivity index (χ4v) is 0.972. The summed E-state index contributed by atoms with van der Waals surface area (Å²) in [4.78, 5) is 0. The predicted octanol–water partition coefficient (Wildman–Crippen LogP) is 1.72. The highest BCUT2D eigenvalue weighted by molar-refractivity contribution is 4.54. The van der Waals surface area contributed by atoms with Gasteiger partial charge in [0.05, 0.1) is 6.17 Å². The molecule has 0 rings (SSSR count). The Bertz CT molecular complexity index is 74.0. The van der Waals surface area contributed by atoms with Gasteiger partial charge in [0.2, 0.25) is 0 Å². The molecule has 68 valence electrons. The van der Waals surface area contributed by atoms with Gasteiger partial charge in [-0.2, -0.15) is 0 Å². The molecule has 0 saturated carbocycles. The van der Waals surface area contributed by atoms with Crippen molar-refractivity contribution in [2.45, 2.75) is 45.7 Å². The molecule has 0 aliphatic heterocycles. The minimum Gasteiger partial charge on any atom is -0.305 e. The Morgan fingerprint density at radius 3 is 2.45 bits per heavy atom. The van der Waals surface area contributed by atoms with Gasteiger partial charge in [0.25, 0.3) is 0 Å². The van der Waals surface area contributed by atoms with Crippen LogP contribution in [-0.2, 0) is 0 Å². The van der Waals surface area contributed by atoms with Gasteiger partial charge in [-0.3, -0.25) is 0 Å². The van der Waals surface area contributed by atoms with Gasteiger partial charge in [-0.05, 0) is 26.9 Å². The summed E-state index contributed by atoms with van der Waals surface area (Å²) in [6, 6.07) is 0. The van der Waals surface area contributed by atoms with Gasteiger partial charge in [0, 0.05) is 0 Å². The molecule has 0 saturated heterocycles. The summed E-state index contributed by atoms with van der Waals surface area (Å²) in [5.74, 6) is 0. The van der Waals surface area contributed by atoms with Crippen LogP contribution in [0.5, 0.6) is 0 Å². The monoisotopic (exact) mass is 158 g/mol. The lowest BCUT2D eigenvalue weighted by Crippen LogP contribution is -2.37. The Balaban J connectivity index is 2.89. The second-order valence-corrected chi connectivity index (χ2v) is 3.03. The lowest BCUT2D eigenvalue weighted by molar-refractivity contribution is 0.474. The Morgan fingerprint density at radius 2 is 1.91 bits per heavy atom. The summed E-state index contributed by atoms with van der Waals surface area (Å²) in [6.07, 6.45) is 5.81. The van der Waals surface area contributed by atoms with E-state index in [1.165, 1.54) is 25.7 Å². The summed E-state index contributed by atoms with van der Waals surface area (Å²) >= 11 is 0. The zero-order chi connectivity index (χ0) is 8.53. The summed E-state index contributed by atoms with van der Waals surface area (Å²) < 4.78 is 0. The Morgan fingerprint density at radius 1 is 1.18 bits per heavy atom. The molecule has 0 bridgehead atoms. The average molecular weight is 158 g/mol. The van der Waals surface area contributed by atoms with Crippen molar-refractivity contribution in [2.75, 3.05) is 13.6 Å². The van der Waals surface area contributed by atoms with Crippen molar-refractivity contribution >= 4 is 0 Å². The Kier molecular flexibility index (Phi) is 7.96. The van der Waals surface area contributed by atoms with Crippen molar-refractivity contribution in [1.82, 2.24) is 10.6 Å². The number of hydrogen-bond donors (Lipinski definition) is 2. The molecule has 2 heteroatoms. The fourth-order valence-electron chi connectivity index (χ4n) is 0.972. The molecule has 0 radical (unpaired) electrons. The zero-order valence-corrected chi connectivity index (χ0v) is 8.11. The van der Waals surface area contributed by atoms with Crippen molar-refractivity contribution in [3.05, 3.63) is 0 Å². The third kappa shape index (κ3) is 7.82. The van der Waals surface area contributed by atoms with Gasteiger partial charge in [0.1, 0.15) is 0 Å². The van der Waals surface area contributed by atoms with E-state index in [2.05, 4.69) is 24.5 Å². The van der Waals surface area contributed by atoms with E-state index in [-0.39, 0.29) is 0 Å². The van der Waals surface area contributed by atoms with E-state index in [9.17, 15) is 0 Å². The van der Waals surface area contributed by atoms with Crippen molar-refractivity contribution in [2.24, 2.45) is 0 Å². The molecule has 2 nitrogen and oxygen atoms in total. The first-order valence-electron chi connectivity index (χ1n) is 4.72. The van der Waals surface area contributed by atoms with Crippen LogP contribution >= 0.6 is 0 Å². The lowest BCUT2D eigenvalue weighted by atomic mass is 10.2. The first kappa shape index (κ1) is 10.9. The van der Waals surface area contributed by atoms with Crippen molar-refractivity contribution in [3.63, 3.8) is 0 Å². The van der Waals surface area contributed by atoms with Crippen molar-refractivity contribution < 1.29 is 0 Å². The molecule has 0 heterocycles. The number of nitrogens with one attached hydrogen (secondary N) is 2. The van der Waals surface area contributed by atoms with Crippen molar-refractivity contribution in [1.29, 1.82) is 0 Å². The van der Waals surface area contributed by atoms with Gasteiger partial charge in [0.15, 0.2) is 0 Å². The number of hydrogen-bond acceptors (Lipinski definition) is 2. The third-order valence-corrected chi connectivity index (χ3v) is 1.91. The van der Waals surface area contributed by atoms with Crippen LogP contribution in [-0.4, -0.2) is 19.8 Å². The number of rotatable bonds is 7. The van der Waals surface area contributed by atoms with E-state index < -0.39 is 0 Å². The highest BCUT2D eigenvalue weighted by Gasteiger charge is 1.93. The van der Waals surface area contributed by atoms with Crippen LogP contribution in [0.2, 0.25) is 0 Å². The quantitative estimate of drug-likeness (QED) is 0.435. The second kappa shape index (κ2) is 8.02. The smallest absolute Gasteiger partial charge is 0.0540 e. The van der Waals surface area contributed by atoms with Gasteiger partial charge in [-0.25, -0.2) is 0 Å². The van der Waals surface area contributed by atoms with Crippen LogP contribution in [0.4, 0.5) is 0 Å². The van der Waals surface area contributed by atoms with Crippen LogP contribution in [0.1, 0.15) is 39.5 Å². The first-order valence-corrected chi connectivity index (χ1v) is 4.72. The molecular formula is C9H22N2. The molecule has 0 aliphatic rings. The largest absolute Gasteiger partial charge is 0.305 e. The fraction of sp³-hybridized carbons (Fsp3) is 1.00. The van der Waals surface area contributed by atoms with Crippen LogP contribution in [0.3, 0.4) is 0 Å². The van der Waals surface area contributed by atoms with Gasteiger partial charge < -0.3 is 10.6 Å². The van der Waals surface area contributed by atoms with E-state index in [0.717, 1.165) is 6.54 Å². The maximum absolute atomic E-state index is 3.38. The SMILES string of the molecule is CCCCCCN[C@H](C)NC. The van der Waals surface area contributed by atoms with E-state index in [0.29, 0.717) is 6.17 Å². The molecule has 0 amide bonds. The Labute approximate surface area is 70.8 Å². The lowest BCUT2D eigenvalue weighted by Gasteiger charge is -2.11. The molecule has 0 aliphatic carbocycles. The maximum Gasteiger partial charge on any atom is 0.0540 e. The maximum atomic E-state index is 3.38.